The lowest BCUT2D eigenvalue weighted by Crippen LogP contribution is -2.23. The van der Waals surface area contributed by atoms with E-state index in [9.17, 15) is 14.9 Å². The first-order chi connectivity index (χ1) is 6.54. The number of carbonyl (C=O) groups is 1. The van der Waals surface area contributed by atoms with Crippen molar-refractivity contribution in [1.29, 1.82) is 0 Å². The lowest BCUT2D eigenvalue weighted by Gasteiger charge is -2.14. The van der Waals surface area contributed by atoms with Crippen LogP contribution in [0.15, 0.2) is 24.3 Å². The average molecular weight is 194 g/mol. The summed E-state index contributed by atoms with van der Waals surface area (Å²) in [4.78, 5) is 22.4. The van der Waals surface area contributed by atoms with Crippen molar-refractivity contribution >= 4 is 17.3 Å². The molecule has 0 aliphatic rings. The monoisotopic (exact) mass is 194 g/mol. The summed E-state index contributed by atoms with van der Waals surface area (Å²) in [6.07, 6.45) is 0. The highest BCUT2D eigenvalue weighted by Crippen LogP contribution is 2.26. The fourth-order valence-electron chi connectivity index (χ4n) is 1.07. The van der Waals surface area contributed by atoms with Crippen molar-refractivity contribution in [3.63, 3.8) is 0 Å². The zero-order valence-corrected chi connectivity index (χ0v) is 7.93. The van der Waals surface area contributed by atoms with E-state index < -0.39 is 4.92 Å². The summed E-state index contributed by atoms with van der Waals surface area (Å²) in [6.45, 7) is 1.36. The second kappa shape index (κ2) is 3.87. The summed E-state index contributed by atoms with van der Waals surface area (Å²) in [5.41, 5.74) is 0.246. The molecule has 1 rings (SSSR count). The van der Waals surface area contributed by atoms with Crippen molar-refractivity contribution in [2.24, 2.45) is 0 Å². The molecule has 1 aromatic rings. The summed E-state index contributed by atoms with van der Waals surface area (Å²) in [5, 5.41) is 10.6. The van der Waals surface area contributed by atoms with E-state index in [2.05, 4.69) is 0 Å². The summed E-state index contributed by atoms with van der Waals surface area (Å²) in [6, 6.07) is 6.13. The van der Waals surface area contributed by atoms with E-state index in [0.717, 1.165) is 0 Å². The lowest BCUT2D eigenvalue weighted by atomic mass is 10.2. The third kappa shape index (κ3) is 1.87. The Morgan fingerprint density at radius 1 is 1.43 bits per heavy atom. The van der Waals surface area contributed by atoms with Gasteiger partial charge in [0.25, 0.3) is 5.69 Å². The van der Waals surface area contributed by atoms with E-state index in [1.165, 1.54) is 24.9 Å². The van der Waals surface area contributed by atoms with Gasteiger partial charge in [0.05, 0.1) is 4.92 Å². The third-order valence-electron chi connectivity index (χ3n) is 1.91. The molecule has 0 fully saturated rings. The van der Waals surface area contributed by atoms with Crippen LogP contribution in [0, 0.1) is 10.1 Å². The molecule has 0 aliphatic carbocycles. The minimum Gasteiger partial charge on any atom is -0.310 e. The molecule has 0 atom stereocenters. The molecular weight excluding hydrogens is 184 g/mol. The minimum absolute atomic E-state index is 0.0646. The van der Waals surface area contributed by atoms with Crippen LogP contribution in [0.2, 0.25) is 0 Å². The SMILES string of the molecule is CC(=O)N(C)c1ccccc1[N+](=O)[O-]. The number of nitrogens with zero attached hydrogens (tertiary/aromatic N) is 2. The van der Waals surface area contributed by atoms with Gasteiger partial charge in [-0.05, 0) is 6.07 Å². The predicted molar refractivity (Wildman–Crippen MR) is 52.2 cm³/mol. The van der Waals surface area contributed by atoms with Crippen LogP contribution in [0.1, 0.15) is 6.92 Å². The van der Waals surface area contributed by atoms with E-state index >= 15 is 0 Å². The Morgan fingerprint density at radius 2 is 2.00 bits per heavy atom. The molecule has 5 heteroatoms. The maximum atomic E-state index is 11.0. The van der Waals surface area contributed by atoms with Crippen molar-refractivity contribution in [3.8, 4) is 0 Å². The second-order valence-corrected chi connectivity index (χ2v) is 2.82. The van der Waals surface area contributed by atoms with Gasteiger partial charge in [-0.25, -0.2) is 0 Å². The van der Waals surface area contributed by atoms with Crippen molar-refractivity contribution in [2.45, 2.75) is 6.92 Å². The van der Waals surface area contributed by atoms with Gasteiger partial charge in [0.2, 0.25) is 5.91 Å². The van der Waals surface area contributed by atoms with E-state index in [4.69, 9.17) is 0 Å². The molecule has 1 aromatic carbocycles. The van der Waals surface area contributed by atoms with Gasteiger partial charge < -0.3 is 4.90 Å². The number of benzene rings is 1. The number of hydrogen-bond donors (Lipinski definition) is 0. The van der Waals surface area contributed by atoms with Crippen LogP contribution in [0.25, 0.3) is 0 Å². The van der Waals surface area contributed by atoms with Crippen molar-refractivity contribution in [2.75, 3.05) is 11.9 Å². The summed E-state index contributed by atoms with van der Waals surface area (Å²) < 4.78 is 0. The van der Waals surface area contributed by atoms with Crippen LogP contribution in [0.4, 0.5) is 11.4 Å². The topological polar surface area (TPSA) is 63.5 Å². The maximum absolute atomic E-state index is 11.0. The van der Waals surface area contributed by atoms with E-state index in [-0.39, 0.29) is 11.6 Å². The summed E-state index contributed by atoms with van der Waals surface area (Å²) >= 11 is 0. The number of rotatable bonds is 2. The largest absolute Gasteiger partial charge is 0.310 e. The number of anilines is 1. The Kier molecular flexibility index (Phi) is 2.81. The molecule has 0 aromatic heterocycles. The molecule has 0 N–H and O–H groups in total. The molecule has 0 unspecified atom stereocenters. The molecule has 5 nitrogen and oxygen atoms in total. The van der Waals surface area contributed by atoms with Crippen LogP contribution < -0.4 is 4.90 Å². The van der Waals surface area contributed by atoms with E-state index in [1.54, 1.807) is 18.2 Å². The lowest BCUT2D eigenvalue weighted by molar-refractivity contribution is -0.384. The van der Waals surface area contributed by atoms with Crippen molar-refractivity contribution in [1.82, 2.24) is 0 Å². The Hall–Kier alpha value is -1.91. The normalized spacial score (nSPS) is 9.57. The van der Waals surface area contributed by atoms with Gasteiger partial charge in [-0.2, -0.15) is 0 Å². The first kappa shape index (κ1) is 10.2. The number of amides is 1. The summed E-state index contributed by atoms with van der Waals surface area (Å²) in [7, 11) is 1.50. The zero-order valence-electron chi connectivity index (χ0n) is 7.93. The van der Waals surface area contributed by atoms with Gasteiger partial charge in [0.1, 0.15) is 5.69 Å². The fourth-order valence-corrected chi connectivity index (χ4v) is 1.07. The molecule has 0 radical (unpaired) electrons. The molecule has 0 spiro atoms. The molecule has 74 valence electrons. The van der Waals surface area contributed by atoms with Gasteiger partial charge in [-0.15, -0.1) is 0 Å². The van der Waals surface area contributed by atoms with Crippen LogP contribution in [-0.4, -0.2) is 17.9 Å². The predicted octanol–water partition coefficient (Wildman–Crippen LogP) is 1.58. The van der Waals surface area contributed by atoms with Gasteiger partial charge in [0, 0.05) is 20.0 Å². The number of para-hydroxylation sites is 2. The van der Waals surface area contributed by atoms with Crippen LogP contribution >= 0.6 is 0 Å². The van der Waals surface area contributed by atoms with E-state index in [0.29, 0.717) is 5.69 Å². The maximum Gasteiger partial charge on any atom is 0.292 e. The minimum atomic E-state index is -0.505. The van der Waals surface area contributed by atoms with Crippen LogP contribution in [0.5, 0.6) is 0 Å². The highest BCUT2D eigenvalue weighted by Gasteiger charge is 2.17. The fraction of sp³-hybridized carbons (Fsp3) is 0.222. The van der Waals surface area contributed by atoms with Crippen molar-refractivity contribution < 1.29 is 9.72 Å². The number of carbonyl (C=O) groups excluding carboxylic acids is 1. The average Bonchev–Trinajstić information content (AvgIpc) is 2.16. The highest BCUT2D eigenvalue weighted by molar-refractivity contribution is 5.93. The van der Waals surface area contributed by atoms with Crippen LogP contribution in [-0.2, 0) is 4.79 Å². The molecule has 0 saturated heterocycles. The first-order valence-electron chi connectivity index (χ1n) is 4.01. The van der Waals surface area contributed by atoms with E-state index in [1.807, 2.05) is 0 Å². The van der Waals surface area contributed by atoms with Gasteiger partial charge in [-0.1, -0.05) is 12.1 Å². The van der Waals surface area contributed by atoms with Crippen molar-refractivity contribution in [3.05, 3.63) is 34.4 Å². The molecule has 0 bridgehead atoms. The molecular formula is C9H10N2O3. The molecule has 0 aliphatic heterocycles. The van der Waals surface area contributed by atoms with Gasteiger partial charge in [0.15, 0.2) is 0 Å². The smallest absolute Gasteiger partial charge is 0.292 e. The molecule has 1 amide bonds. The number of nitro benzene ring substituents is 1. The standard InChI is InChI=1S/C9H10N2O3/c1-7(12)10(2)8-5-3-4-6-9(8)11(13)14/h3-6H,1-2H3. The van der Waals surface area contributed by atoms with Gasteiger partial charge >= 0.3 is 0 Å². The molecule has 14 heavy (non-hydrogen) atoms. The summed E-state index contributed by atoms with van der Waals surface area (Å²) in [5.74, 6) is -0.237. The second-order valence-electron chi connectivity index (χ2n) is 2.82. The Labute approximate surface area is 81.1 Å². The van der Waals surface area contributed by atoms with Crippen LogP contribution in [0.3, 0.4) is 0 Å². The number of hydrogen-bond acceptors (Lipinski definition) is 3. The quantitative estimate of drug-likeness (QED) is 0.530. The third-order valence-corrected chi connectivity index (χ3v) is 1.91. The Balaban J connectivity index is 3.19. The zero-order chi connectivity index (χ0) is 10.7. The molecule has 0 heterocycles. The Morgan fingerprint density at radius 3 is 2.50 bits per heavy atom. The first-order valence-corrected chi connectivity index (χ1v) is 4.01. The Bertz CT molecular complexity index is 376. The molecule has 0 saturated carbocycles. The van der Waals surface area contributed by atoms with Gasteiger partial charge in [-0.3, -0.25) is 14.9 Å². The number of nitro groups is 1. The highest BCUT2D eigenvalue weighted by atomic mass is 16.6.